The Morgan fingerprint density at radius 2 is 1.74 bits per heavy atom. The SMILES string of the molecule is Cc1cc2c(cc1NC(=O)C(C)Oc1ccccc1F)N(C)S(=O)(=O)N2C. The quantitative estimate of drug-likeness (QED) is 0.866. The molecule has 1 aliphatic rings. The molecule has 0 radical (unpaired) electrons. The van der Waals surface area contributed by atoms with E-state index in [2.05, 4.69) is 5.32 Å². The minimum Gasteiger partial charge on any atom is -0.478 e. The van der Waals surface area contributed by atoms with Gasteiger partial charge in [0, 0.05) is 19.8 Å². The van der Waals surface area contributed by atoms with Gasteiger partial charge >= 0.3 is 10.2 Å². The number of fused-ring (bicyclic) bond motifs is 1. The van der Waals surface area contributed by atoms with Crippen LogP contribution in [0.3, 0.4) is 0 Å². The van der Waals surface area contributed by atoms with Crippen LogP contribution < -0.4 is 18.7 Å². The first-order valence-electron chi connectivity index (χ1n) is 8.22. The maximum Gasteiger partial charge on any atom is 0.326 e. The zero-order valence-electron chi connectivity index (χ0n) is 15.4. The van der Waals surface area contributed by atoms with Crippen molar-refractivity contribution in [3.63, 3.8) is 0 Å². The number of nitrogens with zero attached hydrogens (tertiary/aromatic N) is 2. The first-order valence-corrected chi connectivity index (χ1v) is 9.62. The molecule has 1 aliphatic heterocycles. The van der Waals surface area contributed by atoms with E-state index in [-0.39, 0.29) is 5.75 Å². The Morgan fingerprint density at radius 3 is 2.37 bits per heavy atom. The molecular formula is C18H20FN3O4S. The van der Waals surface area contributed by atoms with Gasteiger partial charge in [-0.3, -0.25) is 13.4 Å². The Bertz CT molecular complexity index is 1010. The number of ether oxygens (including phenoxy) is 1. The van der Waals surface area contributed by atoms with Crippen molar-refractivity contribution < 1.29 is 22.3 Å². The summed E-state index contributed by atoms with van der Waals surface area (Å²) in [7, 11) is -0.680. The Morgan fingerprint density at radius 1 is 1.15 bits per heavy atom. The molecule has 0 spiro atoms. The average Bonchev–Trinajstić information content (AvgIpc) is 2.78. The van der Waals surface area contributed by atoms with Crippen LogP contribution in [0, 0.1) is 12.7 Å². The van der Waals surface area contributed by atoms with Gasteiger partial charge in [-0.05, 0) is 43.7 Å². The van der Waals surface area contributed by atoms with Gasteiger partial charge in [0.15, 0.2) is 17.7 Å². The first-order chi connectivity index (χ1) is 12.6. The van der Waals surface area contributed by atoms with Gasteiger partial charge in [-0.25, -0.2) is 4.39 Å². The molecule has 1 N–H and O–H groups in total. The number of halogens is 1. The third kappa shape index (κ3) is 3.30. The number of aryl methyl sites for hydroxylation is 1. The van der Waals surface area contributed by atoms with Crippen LogP contribution in [0.15, 0.2) is 36.4 Å². The highest BCUT2D eigenvalue weighted by molar-refractivity contribution is 7.94. The minimum atomic E-state index is -3.60. The predicted octanol–water partition coefficient (Wildman–Crippen LogP) is 2.67. The molecule has 0 fully saturated rings. The molecule has 1 amide bonds. The molecule has 7 nitrogen and oxygen atoms in total. The molecule has 1 heterocycles. The van der Waals surface area contributed by atoms with E-state index in [0.29, 0.717) is 22.6 Å². The summed E-state index contributed by atoms with van der Waals surface area (Å²) in [6.07, 6.45) is -0.946. The molecule has 3 rings (SSSR count). The lowest BCUT2D eigenvalue weighted by atomic mass is 10.1. The van der Waals surface area contributed by atoms with Crippen LogP contribution in [0.4, 0.5) is 21.5 Å². The number of carbonyl (C=O) groups is 1. The van der Waals surface area contributed by atoms with Gasteiger partial charge in [-0.1, -0.05) is 12.1 Å². The highest BCUT2D eigenvalue weighted by Crippen LogP contribution is 2.41. The molecule has 0 aromatic heterocycles. The Balaban J connectivity index is 1.81. The van der Waals surface area contributed by atoms with Gasteiger partial charge in [0.05, 0.1) is 11.4 Å². The fourth-order valence-electron chi connectivity index (χ4n) is 2.77. The largest absolute Gasteiger partial charge is 0.478 e. The van der Waals surface area contributed by atoms with Crippen LogP contribution in [0.5, 0.6) is 5.75 Å². The standard InChI is InChI=1S/C18H20FN3O4S/c1-11-9-15-16(22(4)27(24,25)21(15)3)10-14(11)20-18(23)12(2)26-17-8-6-5-7-13(17)19/h5-10,12H,1-4H3,(H,20,23). The van der Waals surface area contributed by atoms with E-state index in [9.17, 15) is 17.6 Å². The molecule has 0 saturated heterocycles. The van der Waals surface area contributed by atoms with Crippen LogP contribution in [0.25, 0.3) is 0 Å². The average molecular weight is 393 g/mol. The summed E-state index contributed by atoms with van der Waals surface area (Å²) in [4.78, 5) is 12.5. The van der Waals surface area contributed by atoms with Gasteiger partial charge in [-0.15, -0.1) is 0 Å². The van der Waals surface area contributed by atoms with Gasteiger partial charge < -0.3 is 10.1 Å². The number of hydrogen-bond donors (Lipinski definition) is 1. The molecule has 1 atom stereocenters. The second kappa shape index (κ2) is 6.73. The maximum absolute atomic E-state index is 13.7. The number of carbonyl (C=O) groups excluding carboxylic acids is 1. The number of anilines is 3. The van der Waals surface area contributed by atoms with Gasteiger partial charge in [-0.2, -0.15) is 8.42 Å². The summed E-state index contributed by atoms with van der Waals surface area (Å²) in [5, 5.41) is 2.72. The number of amides is 1. The third-order valence-electron chi connectivity index (χ3n) is 4.46. The van der Waals surface area contributed by atoms with Gasteiger partial charge in [0.1, 0.15) is 0 Å². The third-order valence-corrected chi connectivity index (χ3v) is 6.24. The second-order valence-corrected chi connectivity index (χ2v) is 8.27. The van der Waals surface area contributed by atoms with Crippen molar-refractivity contribution in [2.24, 2.45) is 0 Å². The second-order valence-electron chi connectivity index (χ2n) is 6.28. The zero-order chi connectivity index (χ0) is 19.9. The lowest BCUT2D eigenvalue weighted by Gasteiger charge is -2.17. The molecule has 2 aromatic rings. The van der Waals surface area contributed by atoms with E-state index in [0.717, 1.165) is 4.31 Å². The molecule has 0 aliphatic carbocycles. The van der Waals surface area contributed by atoms with Crippen LogP contribution in [0.1, 0.15) is 12.5 Å². The fourth-order valence-corrected chi connectivity index (χ4v) is 3.93. The van der Waals surface area contributed by atoms with E-state index < -0.39 is 28.0 Å². The molecule has 0 bridgehead atoms. The summed E-state index contributed by atoms with van der Waals surface area (Å²) in [5.41, 5.74) is 2.14. The molecule has 144 valence electrons. The molecule has 1 unspecified atom stereocenters. The number of benzene rings is 2. The lowest BCUT2D eigenvalue weighted by Crippen LogP contribution is -2.32. The fraction of sp³-hybridized carbons (Fsp3) is 0.278. The van der Waals surface area contributed by atoms with Crippen molar-refractivity contribution in [3.05, 3.63) is 47.8 Å². The minimum absolute atomic E-state index is 0.0155. The Hall–Kier alpha value is -2.81. The summed E-state index contributed by atoms with van der Waals surface area (Å²) in [5.74, 6) is -1.04. The number of rotatable bonds is 4. The lowest BCUT2D eigenvalue weighted by molar-refractivity contribution is -0.122. The van der Waals surface area contributed by atoms with Crippen LogP contribution in [-0.2, 0) is 15.0 Å². The summed E-state index contributed by atoms with van der Waals surface area (Å²) in [6, 6.07) is 9.11. The van der Waals surface area contributed by atoms with Crippen molar-refractivity contribution in [2.75, 3.05) is 28.0 Å². The predicted molar refractivity (Wildman–Crippen MR) is 102 cm³/mol. The summed E-state index contributed by atoms with van der Waals surface area (Å²) in [6.45, 7) is 3.27. The van der Waals surface area contributed by atoms with Gasteiger partial charge in [0.2, 0.25) is 0 Å². The summed E-state index contributed by atoms with van der Waals surface area (Å²) >= 11 is 0. The zero-order valence-corrected chi connectivity index (χ0v) is 16.2. The molecule has 2 aromatic carbocycles. The summed E-state index contributed by atoms with van der Waals surface area (Å²) < 4.78 is 45.9. The van der Waals surface area contributed by atoms with E-state index in [4.69, 9.17) is 4.74 Å². The van der Waals surface area contributed by atoms with Crippen molar-refractivity contribution in [3.8, 4) is 5.75 Å². The van der Waals surface area contributed by atoms with Crippen molar-refractivity contribution >= 4 is 33.2 Å². The van der Waals surface area contributed by atoms with E-state index in [1.165, 1.54) is 43.5 Å². The van der Waals surface area contributed by atoms with Crippen LogP contribution in [0.2, 0.25) is 0 Å². The molecule has 9 heteroatoms. The topological polar surface area (TPSA) is 79.0 Å². The highest BCUT2D eigenvalue weighted by atomic mass is 32.2. The Kier molecular flexibility index (Phi) is 4.73. The van der Waals surface area contributed by atoms with Crippen LogP contribution >= 0.6 is 0 Å². The normalized spacial score (nSPS) is 16.0. The Labute approximate surface area is 157 Å². The molecular weight excluding hydrogens is 373 g/mol. The van der Waals surface area contributed by atoms with Crippen molar-refractivity contribution in [1.82, 2.24) is 0 Å². The first kappa shape index (κ1) is 19.0. The van der Waals surface area contributed by atoms with Crippen molar-refractivity contribution in [1.29, 1.82) is 0 Å². The van der Waals surface area contributed by atoms with Crippen molar-refractivity contribution in [2.45, 2.75) is 20.0 Å². The monoisotopic (exact) mass is 393 g/mol. The smallest absolute Gasteiger partial charge is 0.326 e. The highest BCUT2D eigenvalue weighted by Gasteiger charge is 2.36. The van der Waals surface area contributed by atoms with Gasteiger partial charge in [0.25, 0.3) is 5.91 Å². The molecule has 0 saturated carbocycles. The number of nitrogens with one attached hydrogen (secondary N) is 1. The molecule has 27 heavy (non-hydrogen) atoms. The van der Waals surface area contributed by atoms with E-state index in [1.807, 2.05) is 0 Å². The maximum atomic E-state index is 13.7. The van der Waals surface area contributed by atoms with E-state index >= 15 is 0 Å². The number of hydrogen-bond acceptors (Lipinski definition) is 4. The van der Waals surface area contributed by atoms with Crippen LogP contribution in [-0.4, -0.2) is 34.5 Å². The number of para-hydroxylation sites is 1. The van der Waals surface area contributed by atoms with E-state index in [1.54, 1.807) is 25.1 Å².